The van der Waals surface area contributed by atoms with Gasteiger partial charge in [-0.1, -0.05) is 42.6 Å². The van der Waals surface area contributed by atoms with Crippen molar-refractivity contribution in [1.82, 2.24) is 4.90 Å². The number of carbonyl (C=O) groups excluding carboxylic acids is 1. The molecule has 0 aromatic carbocycles. The van der Waals surface area contributed by atoms with Crippen LogP contribution in [-0.4, -0.2) is 29.2 Å². The molecular formula is C10H20BrNO. The van der Waals surface area contributed by atoms with Crippen LogP contribution in [0.3, 0.4) is 0 Å². The van der Waals surface area contributed by atoms with E-state index < -0.39 is 0 Å². The summed E-state index contributed by atoms with van der Waals surface area (Å²) in [6, 6.07) is 0. The summed E-state index contributed by atoms with van der Waals surface area (Å²) in [6.07, 6.45) is 4.38. The number of hydrogen-bond acceptors (Lipinski definition) is 1. The maximum Gasteiger partial charge on any atom is 0.236 e. The Hall–Kier alpha value is -0.0500. The molecule has 0 spiro atoms. The standard InChI is InChI=1S/C10H20BrNO/c1-4-6-7-8-12(3)10(13)9(11)5-2/h9H,4-8H2,1-3H3. The highest BCUT2D eigenvalue weighted by Gasteiger charge is 2.16. The smallest absolute Gasteiger partial charge is 0.236 e. The molecule has 0 rings (SSSR count). The Kier molecular flexibility index (Phi) is 7.33. The number of alkyl halides is 1. The van der Waals surface area contributed by atoms with Gasteiger partial charge in [0.25, 0.3) is 0 Å². The SMILES string of the molecule is CCCCCN(C)C(=O)C(Br)CC. The second kappa shape index (κ2) is 7.36. The van der Waals surface area contributed by atoms with Gasteiger partial charge in [-0.05, 0) is 12.8 Å². The van der Waals surface area contributed by atoms with E-state index in [4.69, 9.17) is 0 Å². The lowest BCUT2D eigenvalue weighted by Gasteiger charge is -2.19. The van der Waals surface area contributed by atoms with Crippen LogP contribution in [0.5, 0.6) is 0 Å². The van der Waals surface area contributed by atoms with Gasteiger partial charge in [-0.15, -0.1) is 0 Å². The van der Waals surface area contributed by atoms with Crippen LogP contribution in [0.15, 0.2) is 0 Å². The van der Waals surface area contributed by atoms with Gasteiger partial charge in [0.15, 0.2) is 0 Å². The summed E-state index contributed by atoms with van der Waals surface area (Å²) in [5, 5.41) is 0. The molecule has 0 saturated heterocycles. The Labute approximate surface area is 89.8 Å². The van der Waals surface area contributed by atoms with Crippen molar-refractivity contribution in [2.75, 3.05) is 13.6 Å². The second-order valence-electron chi connectivity index (χ2n) is 3.34. The fourth-order valence-corrected chi connectivity index (χ4v) is 1.47. The molecular weight excluding hydrogens is 230 g/mol. The molecule has 0 aromatic heterocycles. The van der Waals surface area contributed by atoms with E-state index in [0.717, 1.165) is 19.4 Å². The molecule has 0 aliphatic rings. The van der Waals surface area contributed by atoms with Gasteiger partial charge in [-0.3, -0.25) is 4.79 Å². The van der Waals surface area contributed by atoms with Gasteiger partial charge in [0.2, 0.25) is 5.91 Å². The normalized spacial score (nSPS) is 12.6. The van der Waals surface area contributed by atoms with Gasteiger partial charge in [-0.2, -0.15) is 0 Å². The minimum absolute atomic E-state index is 0.000809. The number of carbonyl (C=O) groups is 1. The molecule has 0 N–H and O–H groups in total. The topological polar surface area (TPSA) is 20.3 Å². The van der Waals surface area contributed by atoms with Crippen molar-refractivity contribution >= 4 is 21.8 Å². The van der Waals surface area contributed by atoms with Gasteiger partial charge in [0.05, 0.1) is 4.83 Å². The maximum absolute atomic E-state index is 11.5. The molecule has 0 heterocycles. The van der Waals surface area contributed by atoms with Crippen LogP contribution in [0.2, 0.25) is 0 Å². The molecule has 78 valence electrons. The van der Waals surface area contributed by atoms with Crippen LogP contribution < -0.4 is 0 Å². The van der Waals surface area contributed by atoms with E-state index in [1.54, 1.807) is 0 Å². The van der Waals surface area contributed by atoms with E-state index >= 15 is 0 Å². The average molecular weight is 250 g/mol. The fourth-order valence-electron chi connectivity index (χ4n) is 1.12. The number of hydrogen-bond donors (Lipinski definition) is 0. The van der Waals surface area contributed by atoms with Gasteiger partial charge >= 0.3 is 0 Å². The zero-order chi connectivity index (χ0) is 10.3. The van der Waals surface area contributed by atoms with Crippen molar-refractivity contribution in [1.29, 1.82) is 0 Å². The van der Waals surface area contributed by atoms with Gasteiger partial charge in [-0.25, -0.2) is 0 Å². The highest BCUT2D eigenvalue weighted by Crippen LogP contribution is 2.08. The van der Waals surface area contributed by atoms with Gasteiger partial charge in [0.1, 0.15) is 0 Å². The first-order valence-electron chi connectivity index (χ1n) is 5.02. The zero-order valence-corrected chi connectivity index (χ0v) is 10.4. The lowest BCUT2D eigenvalue weighted by molar-refractivity contribution is -0.129. The van der Waals surface area contributed by atoms with Crippen LogP contribution in [0, 0.1) is 0 Å². The molecule has 1 amide bonds. The molecule has 0 bridgehead atoms. The Bertz CT molecular complexity index is 150. The third-order valence-electron chi connectivity index (χ3n) is 2.10. The minimum atomic E-state index is -0.000809. The van der Waals surface area contributed by atoms with Crippen LogP contribution in [0.1, 0.15) is 39.5 Å². The first kappa shape index (κ1) is 12.9. The molecule has 0 aliphatic carbocycles. The van der Waals surface area contributed by atoms with E-state index in [1.807, 2.05) is 18.9 Å². The molecule has 13 heavy (non-hydrogen) atoms. The molecule has 0 aromatic rings. The van der Waals surface area contributed by atoms with E-state index in [1.165, 1.54) is 12.8 Å². The third kappa shape index (κ3) is 5.29. The molecule has 1 unspecified atom stereocenters. The fraction of sp³-hybridized carbons (Fsp3) is 0.900. The summed E-state index contributed by atoms with van der Waals surface area (Å²) in [4.78, 5) is 13.4. The van der Waals surface area contributed by atoms with E-state index in [2.05, 4.69) is 22.9 Å². The summed E-state index contributed by atoms with van der Waals surface area (Å²) in [6.45, 7) is 5.06. The summed E-state index contributed by atoms with van der Waals surface area (Å²) >= 11 is 3.36. The summed E-state index contributed by atoms with van der Waals surface area (Å²) in [5.41, 5.74) is 0. The molecule has 0 radical (unpaired) electrons. The number of halogens is 1. The van der Waals surface area contributed by atoms with Crippen LogP contribution >= 0.6 is 15.9 Å². The lowest BCUT2D eigenvalue weighted by atomic mass is 10.2. The predicted octanol–water partition coefficient (Wildman–Crippen LogP) is 2.81. The second-order valence-corrected chi connectivity index (χ2v) is 4.45. The van der Waals surface area contributed by atoms with Crippen molar-refractivity contribution in [2.45, 2.75) is 44.4 Å². The quantitative estimate of drug-likeness (QED) is 0.524. The largest absolute Gasteiger partial charge is 0.345 e. The first-order chi connectivity index (χ1) is 6.13. The predicted molar refractivity (Wildman–Crippen MR) is 60.2 cm³/mol. The summed E-state index contributed by atoms with van der Waals surface area (Å²) in [7, 11) is 1.88. The summed E-state index contributed by atoms with van der Waals surface area (Å²) in [5.74, 6) is 0.207. The number of amides is 1. The Morgan fingerprint density at radius 2 is 2.00 bits per heavy atom. The molecule has 0 aliphatic heterocycles. The third-order valence-corrected chi connectivity index (χ3v) is 3.14. The van der Waals surface area contributed by atoms with Crippen LogP contribution in [0.4, 0.5) is 0 Å². The molecule has 1 atom stereocenters. The van der Waals surface area contributed by atoms with Gasteiger partial charge < -0.3 is 4.90 Å². The van der Waals surface area contributed by atoms with E-state index in [0.29, 0.717) is 0 Å². The molecule has 2 nitrogen and oxygen atoms in total. The maximum atomic E-state index is 11.5. The molecule has 3 heteroatoms. The van der Waals surface area contributed by atoms with Gasteiger partial charge in [0, 0.05) is 13.6 Å². The Morgan fingerprint density at radius 1 is 1.38 bits per heavy atom. The van der Waals surface area contributed by atoms with Crippen LogP contribution in [0.25, 0.3) is 0 Å². The van der Waals surface area contributed by atoms with E-state index in [-0.39, 0.29) is 10.7 Å². The number of rotatable bonds is 6. The lowest BCUT2D eigenvalue weighted by Crippen LogP contribution is -2.33. The minimum Gasteiger partial charge on any atom is -0.345 e. The number of nitrogens with zero attached hydrogens (tertiary/aromatic N) is 1. The first-order valence-corrected chi connectivity index (χ1v) is 5.94. The monoisotopic (exact) mass is 249 g/mol. The van der Waals surface area contributed by atoms with Crippen molar-refractivity contribution < 1.29 is 4.79 Å². The van der Waals surface area contributed by atoms with Crippen LogP contribution in [-0.2, 0) is 4.79 Å². The highest BCUT2D eigenvalue weighted by molar-refractivity contribution is 9.10. The van der Waals surface area contributed by atoms with Crippen molar-refractivity contribution in [3.05, 3.63) is 0 Å². The molecule has 0 fully saturated rings. The highest BCUT2D eigenvalue weighted by atomic mass is 79.9. The van der Waals surface area contributed by atoms with Crippen molar-refractivity contribution in [2.24, 2.45) is 0 Å². The van der Waals surface area contributed by atoms with Crippen molar-refractivity contribution in [3.8, 4) is 0 Å². The van der Waals surface area contributed by atoms with Crippen molar-refractivity contribution in [3.63, 3.8) is 0 Å². The Morgan fingerprint density at radius 3 is 2.46 bits per heavy atom. The average Bonchev–Trinajstić information content (AvgIpc) is 2.15. The molecule has 0 saturated carbocycles. The zero-order valence-electron chi connectivity index (χ0n) is 8.85. The van der Waals surface area contributed by atoms with E-state index in [9.17, 15) is 4.79 Å². The summed E-state index contributed by atoms with van der Waals surface area (Å²) < 4.78 is 0. The number of unbranched alkanes of at least 4 members (excludes halogenated alkanes) is 2. The Balaban J connectivity index is 3.69.